The van der Waals surface area contributed by atoms with Gasteiger partial charge in [-0.3, -0.25) is 9.59 Å². The predicted octanol–water partition coefficient (Wildman–Crippen LogP) is 2.16. The maximum absolute atomic E-state index is 12.8. The second-order valence-corrected chi connectivity index (χ2v) is 5.11. The number of Topliss-reactive ketones (excluding diaryl/α,β-unsaturated/α-hetero) is 2. The third-order valence-electron chi connectivity index (χ3n) is 3.86. The molecular weight excluding hydrogens is 284 g/mol. The van der Waals surface area contributed by atoms with E-state index < -0.39 is 12.4 Å². The van der Waals surface area contributed by atoms with E-state index >= 15 is 0 Å². The highest BCUT2D eigenvalue weighted by Gasteiger charge is 2.43. The number of hydrogen-bond donors (Lipinski definition) is 0. The Hall–Kier alpha value is -1.82. The SMILES string of the molecule is CCO[C@H]1OCC2=C(C(=O)c3ccccc3C2=O)[C@@H]1OCC. The average molecular weight is 302 g/mol. The fourth-order valence-corrected chi connectivity index (χ4v) is 2.92. The van der Waals surface area contributed by atoms with Gasteiger partial charge in [0, 0.05) is 35.5 Å². The zero-order valence-corrected chi connectivity index (χ0v) is 12.6. The van der Waals surface area contributed by atoms with Gasteiger partial charge in [-0.1, -0.05) is 24.3 Å². The molecule has 0 saturated carbocycles. The summed E-state index contributed by atoms with van der Waals surface area (Å²) in [7, 11) is 0. The summed E-state index contributed by atoms with van der Waals surface area (Å²) >= 11 is 0. The van der Waals surface area contributed by atoms with Gasteiger partial charge in [0.25, 0.3) is 0 Å². The van der Waals surface area contributed by atoms with Crippen molar-refractivity contribution in [1.82, 2.24) is 0 Å². The molecule has 1 aromatic carbocycles. The summed E-state index contributed by atoms with van der Waals surface area (Å²) in [5.41, 5.74) is 1.63. The van der Waals surface area contributed by atoms with Gasteiger partial charge in [-0.05, 0) is 13.8 Å². The Labute approximate surface area is 128 Å². The number of hydrogen-bond acceptors (Lipinski definition) is 5. The first-order valence-corrected chi connectivity index (χ1v) is 7.45. The Morgan fingerprint density at radius 1 is 1.05 bits per heavy atom. The highest BCUT2D eigenvalue weighted by atomic mass is 16.7. The quantitative estimate of drug-likeness (QED) is 0.853. The monoisotopic (exact) mass is 302 g/mol. The fourth-order valence-electron chi connectivity index (χ4n) is 2.92. The minimum atomic E-state index is -0.668. The van der Waals surface area contributed by atoms with Crippen LogP contribution in [0.1, 0.15) is 34.6 Å². The van der Waals surface area contributed by atoms with E-state index in [0.717, 1.165) is 0 Å². The molecule has 22 heavy (non-hydrogen) atoms. The molecule has 0 saturated heterocycles. The first-order valence-electron chi connectivity index (χ1n) is 7.45. The van der Waals surface area contributed by atoms with Crippen LogP contribution in [0.4, 0.5) is 0 Å². The van der Waals surface area contributed by atoms with Crippen LogP contribution in [0.2, 0.25) is 0 Å². The molecule has 0 N–H and O–H groups in total. The number of ether oxygens (including phenoxy) is 3. The molecule has 5 nitrogen and oxygen atoms in total. The van der Waals surface area contributed by atoms with E-state index in [9.17, 15) is 9.59 Å². The molecule has 116 valence electrons. The van der Waals surface area contributed by atoms with Gasteiger partial charge in [0.2, 0.25) is 0 Å². The van der Waals surface area contributed by atoms with E-state index in [4.69, 9.17) is 14.2 Å². The Balaban J connectivity index is 2.08. The van der Waals surface area contributed by atoms with Crippen LogP contribution in [-0.2, 0) is 14.2 Å². The standard InChI is InChI=1S/C17H18O5/c1-3-20-16-13-12(9-22-17(16)21-4-2)14(18)10-7-5-6-8-11(10)15(13)19/h5-8,16-17H,3-4,9H2,1-2H3/t16-,17-/m0/s1. The van der Waals surface area contributed by atoms with E-state index in [0.29, 0.717) is 35.5 Å². The lowest BCUT2D eigenvalue weighted by Gasteiger charge is -2.35. The van der Waals surface area contributed by atoms with Gasteiger partial charge in [-0.15, -0.1) is 0 Å². The molecule has 0 unspecified atom stereocenters. The lowest BCUT2D eigenvalue weighted by molar-refractivity contribution is -0.195. The first-order chi connectivity index (χ1) is 10.7. The van der Waals surface area contributed by atoms with Gasteiger partial charge in [-0.2, -0.15) is 0 Å². The topological polar surface area (TPSA) is 61.8 Å². The molecule has 0 radical (unpaired) electrons. The molecule has 2 aliphatic rings. The largest absolute Gasteiger partial charge is 0.368 e. The molecule has 1 aliphatic carbocycles. The fraction of sp³-hybridized carbons (Fsp3) is 0.412. The minimum Gasteiger partial charge on any atom is -0.368 e. The van der Waals surface area contributed by atoms with Crippen molar-refractivity contribution in [3.05, 3.63) is 46.5 Å². The van der Waals surface area contributed by atoms with E-state index in [1.165, 1.54) is 0 Å². The molecule has 0 aromatic heterocycles. The summed E-state index contributed by atoms with van der Waals surface area (Å²) in [4.78, 5) is 25.5. The zero-order chi connectivity index (χ0) is 15.7. The molecule has 0 bridgehead atoms. The van der Waals surface area contributed by atoms with Crippen LogP contribution in [0.3, 0.4) is 0 Å². The van der Waals surface area contributed by atoms with Gasteiger partial charge in [0.15, 0.2) is 17.9 Å². The predicted molar refractivity (Wildman–Crippen MR) is 78.9 cm³/mol. The van der Waals surface area contributed by atoms with Crippen molar-refractivity contribution in [3.63, 3.8) is 0 Å². The van der Waals surface area contributed by atoms with Crippen LogP contribution in [0.25, 0.3) is 0 Å². The second kappa shape index (κ2) is 6.12. The molecule has 0 spiro atoms. The highest BCUT2D eigenvalue weighted by molar-refractivity contribution is 6.27. The molecule has 1 aromatic rings. The summed E-state index contributed by atoms with van der Waals surface area (Å²) in [5, 5.41) is 0. The van der Waals surface area contributed by atoms with Crippen LogP contribution >= 0.6 is 0 Å². The Morgan fingerprint density at radius 2 is 1.68 bits per heavy atom. The van der Waals surface area contributed by atoms with Gasteiger partial charge in [-0.25, -0.2) is 0 Å². The summed E-state index contributed by atoms with van der Waals surface area (Å²) in [6.45, 7) is 4.59. The van der Waals surface area contributed by atoms with Gasteiger partial charge < -0.3 is 14.2 Å². The average Bonchev–Trinajstić information content (AvgIpc) is 2.54. The van der Waals surface area contributed by atoms with Crippen molar-refractivity contribution in [3.8, 4) is 0 Å². The van der Waals surface area contributed by atoms with Gasteiger partial charge in [0.1, 0.15) is 6.10 Å². The Bertz CT molecular complexity index is 646. The Kier molecular flexibility index (Phi) is 4.20. The second-order valence-electron chi connectivity index (χ2n) is 5.11. The van der Waals surface area contributed by atoms with Crippen molar-refractivity contribution in [2.75, 3.05) is 19.8 Å². The molecular formula is C17H18O5. The van der Waals surface area contributed by atoms with E-state index in [2.05, 4.69) is 0 Å². The van der Waals surface area contributed by atoms with Crippen molar-refractivity contribution in [2.45, 2.75) is 26.2 Å². The van der Waals surface area contributed by atoms with Gasteiger partial charge >= 0.3 is 0 Å². The molecule has 0 amide bonds. The smallest absolute Gasteiger partial charge is 0.193 e. The Morgan fingerprint density at radius 3 is 2.32 bits per heavy atom. The maximum atomic E-state index is 12.8. The van der Waals surface area contributed by atoms with Gasteiger partial charge in [0.05, 0.1) is 6.61 Å². The molecule has 1 heterocycles. The number of rotatable bonds is 4. The van der Waals surface area contributed by atoms with Crippen molar-refractivity contribution in [2.24, 2.45) is 0 Å². The van der Waals surface area contributed by atoms with E-state index in [1.807, 2.05) is 13.8 Å². The number of benzene rings is 1. The lowest BCUT2D eigenvalue weighted by Crippen LogP contribution is -2.45. The molecule has 5 heteroatoms. The van der Waals surface area contributed by atoms with Crippen molar-refractivity contribution < 1.29 is 23.8 Å². The summed E-state index contributed by atoms with van der Waals surface area (Å²) in [6, 6.07) is 6.85. The highest BCUT2D eigenvalue weighted by Crippen LogP contribution is 2.34. The summed E-state index contributed by atoms with van der Waals surface area (Å²) < 4.78 is 16.8. The van der Waals surface area contributed by atoms with E-state index in [1.54, 1.807) is 24.3 Å². The number of fused-ring (bicyclic) bond motifs is 1. The van der Waals surface area contributed by atoms with Crippen LogP contribution in [0.15, 0.2) is 35.4 Å². The summed E-state index contributed by atoms with van der Waals surface area (Å²) in [5.74, 6) is -0.332. The van der Waals surface area contributed by atoms with Crippen LogP contribution in [0, 0.1) is 0 Å². The zero-order valence-electron chi connectivity index (χ0n) is 12.6. The third-order valence-corrected chi connectivity index (χ3v) is 3.86. The number of carbonyl (C=O) groups is 2. The molecule has 0 fully saturated rings. The first kappa shape index (κ1) is 15.1. The van der Waals surface area contributed by atoms with E-state index in [-0.39, 0.29) is 18.2 Å². The normalized spacial score (nSPS) is 24.3. The lowest BCUT2D eigenvalue weighted by atomic mass is 9.81. The number of carbonyl (C=O) groups excluding carboxylic acids is 2. The van der Waals surface area contributed by atoms with Crippen LogP contribution in [0.5, 0.6) is 0 Å². The molecule has 1 aliphatic heterocycles. The molecule has 3 rings (SSSR count). The third kappa shape index (κ3) is 2.31. The van der Waals surface area contributed by atoms with Crippen molar-refractivity contribution in [1.29, 1.82) is 0 Å². The van der Waals surface area contributed by atoms with Crippen LogP contribution in [-0.4, -0.2) is 43.8 Å². The van der Waals surface area contributed by atoms with Crippen LogP contribution < -0.4 is 0 Å². The molecule has 2 atom stereocenters. The number of ketones is 2. The van der Waals surface area contributed by atoms with Crippen molar-refractivity contribution >= 4 is 11.6 Å². The maximum Gasteiger partial charge on any atom is 0.193 e. The summed E-state index contributed by atoms with van der Waals surface area (Å²) in [6.07, 6.45) is -1.33. The minimum absolute atomic E-state index is 0.0719.